The predicted octanol–water partition coefficient (Wildman–Crippen LogP) is 3.24. The number of anilines is 1. The average molecular weight is 277 g/mol. The molecule has 20 heavy (non-hydrogen) atoms. The predicted molar refractivity (Wildman–Crippen MR) is 79.9 cm³/mol. The quantitative estimate of drug-likeness (QED) is 0.868. The van der Waals surface area contributed by atoms with Gasteiger partial charge in [0.05, 0.1) is 5.41 Å². The first-order valence-electron chi connectivity index (χ1n) is 6.93. The van der Waals surface area contributed by atoms with Gasteiger partial charge in [-0.15, -0.1) is 0 Å². The van der Waals surface area contributed by atoms with Gasteiger partial charge in [0.2, 0.25) is 5.91 Å². The number of hydrogen-bond donors (Lipinski definition) is 1. The zero-order valence-corrected chi connectivity index (χ0v) is 12.6. The topological polar surface area (TPSA) is 57.6 Å². The van der Waals surface area contributed by atoms with Crippen LogP contribution in [0, 0.1) is 12.3 Å². The molecule has 0 radical (unpaired) electrons. The number of carbonyl (C=O) groups is 2. The fourth-order valence-corrected chi connectivity index (χ4v) is 2.36. The number of carboxylic acid groups (broad SMARTS) is 1. The number of nitrogens with zero attached hydrogens (tertiary/aromatic N) is 1. The summed E-state index contributed by atoms with van der Waals surface area (Å²) in [5, 5.41) is 9.41. The van der Waals surface area contributed by atoms with Crippen molar-refractivity contribution in [2.75, 3.05) is 11.9 Å². The van der Waals surface area contributed by atoms with E-state index in [-0.39, 0.29) is 12.3 Å². The number of benzene rings is 1. The lowest BCUT2D eigenvalue weighted by atomic mass is 9.79. The molecular weight excluding hydrogens is 254 g/mol. The molecular formula is C16H23NO3. The minimum Gasteiger partial charge on any atom is -0.481 e. The van der Waals surface area contributed by atoms with Crippen LogP contribution >= 0.6 is 0 Å². The Bertz CT molecular complexity index is 492. The monoisotopic (exact) mass is 277 g/mol. The van der Waals surface area contributed by atoms with Crippen LogP contribution in [-0.2, 0) is 9.59 Å². The summed E-state index contributed by atoms with van der Waals surface area (Å²) >= 11 is 0. The molecule has 1 aromatic carbocycles. The molecule has 0 bridgehead atoms. The summed E-state index contributed by atoms with van der Waals surface area (Å²) in [5.74, 6) is -1.06. The Kier molecular flexibility index (Phi) is 5.31. The van der Waals surface area contributed by atoms with Gasteiger partial charge >= 0.3 is 5.97 Å². The lowest BCUT2D eigenvalue weighted by molar-refractivity contribution is -0.152. The second-order valence-corrected chi connectivity index (χ2v) is 5.21. The molecule has 0 fully saturated rings. The van der Waals surface area contributed by atoms with Crippen molar-refractivity contribution in [2.24, 2.45) is 5.41 Å². The van der Waals surface area contributed by atoms with Gasteiger partial charge in [0, 0.05) is 19.2 Å². The molecule has 4 heteroatoms. The highest BCUT2D eigenvalue weighted by molar-refractivity contribution is 5.96. The van der Waals surface area contributed by atoms with Crippen LogP contribution in [-0.4, -0.2) is 24.0 Å². The van der Waals surface area contributed by atoms with Crippen LogP contribution in [0.15, 0.2) is 24.3 Å². The molecule has 0 aliphatic heterocycles. The van der Waals surface area contributed by atoms with Crippen LogP contribution in [0.2, 0.25) is 0 Å². The number of aliphatic carboxylic acids is 1. The number of hydrogen-bond acceptors (Lipinski definition) is 2. The number of aryl methyl sites for hydroxylation is 1. The molecule has 0 aliphatic carbocycles. The fraction of sp³-hybridized carbons (Fsp3) is 0.500. The van der Waals surface area contributed by atoms with Crippen molar-refractivity contribution in [1.29, 1.82) is 0 Å². The van der Waals surface area contributed by atoms with Gasteiger partial charge in [-0.1, -0.05) is 32.0 Å². The summed E-state index contributed by atoms with van der Waals surface area (Å²) in [5.41, 5.74) is 0.856. The highest BCUT2D eigenvalue weighted by Crippen LogP contribution is 2.32. The lowest BCUT2D eigenvalue weighted by Gasteiger charge is -2.29. The van der Waals surface area contributed by atoms with Crippen LogP contribution in [0.5, 0.6) is 0 Å². The summed E-state index contributed by atoms with van der Waals surface area (Å²) < 4.78 is 0. The van der Waals surface area contributed by atoms with Crippen molar-refractivity contribution >= 4 is 17.6 Å². The van der Waals surface area contributed by atoms with Gasteiger partial charge in [-0.25, -0.2) is 0 Å². The largest absolute Gasteiger partial charge is 0.481 e. The van der Waals surface area contributed by atoms with Gasteiger partial charge in [0.15, 0.2) is 0 Å². The van der Waals surface area contributed by atoms with E-state index in [0.717, 1.165) is 11.3 Å². The first-order chi connectivity index (χ1) is 9.38. The number of para-hydroxylation sites is 1. The van der Waals surface area contributed by atoms with Crippen molar-refractivity contribution in [1.82, 2.24) is 0 Å². The van der Waals surface area contributed by atoms with E-state index in [0.29, 0.717) is 12.8 Å². The first kappa shape index (κ1) is 16.2. The SMILES string of the molecule is CCC(CC)(CC(=O)N(C)c1ccccc1C)C(=O)O. The van der Waals surface area contributed by atoms with E-state index in [1.807, 2.05) is 45.0 Å². The van der Waals surface area contributed by atoms with Crippen molar-refractivity contribution in [3.8, 4) is 0 Å². The second-order valence-electron chi connectivity index (χ2n) is 5.21. The van der Waals surface area contributed by atoms with Gasteiger partial charge in [-0.2, -0.15) is 0 Å². The molecule has 0 aliphatic rings. The van der Waals surface area contributed by atoms with Crippen LogP contribution in [0.25, 0.3) is 0 Å². The minimum absolute atomic E-state index is 0.0279. The van der Waals surface area contributed by atoms with Gasteiger partial charge < -0.3 is 10.0 Å². The third-order valence-corrected chi connectivity index (χ3v) is 4.15. The summed E-state index contributed by atoms with van der Waals surface area (Å²) in [4.78, 5) is 25.4. The van der Waals surface area contributed by atoms with Crippen molar-refractivity contribution in [2.45, 2.75) is 40.0 Å². The number of rotatable bonds is 6. The van der Waals surface area contributed by atoms with Crippen LogP contribution < -0.4 is 4.90 Å². The summed E-state index contributed by atoms with van der Waals surface area (Å²) in [6.07, 6.45) is 0.929. The summed E-state index contributed by atoms with van der Waals surface area (Å²) in [6.45, 7) is 5.57. The van der Waals surface area contributed by atoms with E-state index in [1.54, 1.807) is 11.9 Å². The number of carbonyl (C=O) groups excluding carboxylic acids is 1. The smallest absolute Gasteiger partial charge is 0.310 e. The van der Waals surface area contributed by atoms with Gasteiger partial charge in [0.25, 0.3) is 0 Å². The zero-order valence-electron chi connectivity index (χ0n) is 12.6. The molecule has 1 N–H and O–H groups in total. The van der Waals surface area contributed by atoms with Crippen molar-refractivity contribution in [3.63, 3.8) is 0 Å². The fourth-order valence-electron chi connectivity index (χ4n) is 2.36. The highest BCUT2D eigenvalue weighted by atomic mass is 16.4. The van der Waals surface area contributed by atoms with E-state index in [4.69, 9.17) is 0 Å². The molecule has 0 spiro atoms. The Morgan fingerprint density at radius 3 is 2.20 bits per heavy atom. The Hall–Kier alpha value is -1.84. The van der Waals surface area contributed by atoms with E-state index >= 15 is 0 Å². The lowest BCUT2D eigenvalue weighted by Crippen LogP contribution is -2.38. The third kappa shape index (κ3) is 3.18. The van der Waals surface area contributed by atoms with E-state index in [2.05, 4.69) is 0 Å². The second kappa shape index (κ2) is 6.55. The molecule has 1 amide bonds. The maximum atomic E-state index is 12.4. The molecule has 1 aromatic rings. The summed E-state index contributed by atoms with van der Waals surface area (Å²) in [7, 11) is 1.70. The van der Waals surface area contributed by atoms with E-state index in [1.165, 1.54) is 0 Å². The first-order valence-corrected chi connectivity index (χ1v) is 6.93. The maximum Gasteiger partial charge on any atom is 0.310 e. The van der Waals surface area contributed by atoms with Gasteiger partial charge in [-0.3, -0.25) is 9.59 Å². The third-order valence-electron chi connectivity index (χ3n) is 4.15. The Morgan fingerprint density at radius 1 is 1.20 bits per heavy atom. The maximum absolute atomic E-state index is 12.4. The molecule has 0 atom stereocenters. The molecule has 0 aromatic heterocycles. The van der Waals surface area contributed by atoms with Crippen LogP contribution in [0.1, 0.15) is 38.7 Å². The highest BCUT2D eigenvalue weighted by Gasteiger charge is 2.38. The number of amides is 1. The van der Waals surface area contributed by atoms with Gasteiger partial charge in [-0.05, 0) is 31.4 Å². The Labute approximate surface area is 120 Å². The molecule has 0 saturated carbocycles. The molecule has 1 rings (SSSR count). The van der Waals surface area contributed by atoms with E-state index in [9.17, 15) is 14.7 Å². The average Bonchev–Trinajstić information content (AvgIpc) is 2.44. The molecule has 4 nitrogen and oxygen atoms in total. The minimum atomic E-state index is -0.964. The number of carboxylic acids is 1. The standard InChI is InChI=1S/C16H23NO3/c1-5-16(6-2,15(19)20)11-14(18)17(4)13-10-8-7-9-12(13)3/h7-10H,5-6,11H2,1-4H3,(H,19,20). The molecule has 0 heterocycles. The molecule has 110 valence electrons. The van der Waals surface area contributed by atoms with Crippen molar-refractivity contribution < 1.29 is 14.7 Å². The Morgan fingerprint density at radius 2 is 1.75 bits per heavy atom. The van der Waals surface area contributed by atoms with Crippen LogP contribution in [0.3, 0.4) is 0 Å². The van der Waals surface area contributed by atoms with Crippen molar-refractivity contribution in [3.05, 3.63) is 29.8 Å². The summed E-state index contributed by atoms with van der Waals surface area (Å²) in [6, 6.07) is 7.59. The van der Waals surface area contributed by atoms with E-state index < -0.39 is 11.4 Å². The Balaban J connectivity index is 2.96. The van der Waals surface area contributed by atoms with Crippen LogP contribution in [0.4, 0.5) is 5.69 Å². The molecule has 0 saturated heterocycles. The van der Waals surface area contributed by atoms with Gasteiger partial charge in [0.1, 0.15) is 0 Å². The normalized spacial score (nSPS) is 11.2. The zero-order chi connectivity index (χ0) is 15.3. The molecule has 0 unspecified atom stereocenters.